The third-order valence-electron chi connectivity index (χ3n) is 4.46. The van der Waals surface area contributed by atoms with E-state index in [1.54, 1.807) is 6.07 Å². The summed E-state index contributed by atoms with van der Waals surface area (Å²) in [6.07, 6.45) is -0.224. The Morgan fingerprint density at radius 1 is 1.03 bits per heavy atom. The fourth-order valence-electron chi connectivity index (χ4n) is 2.57. The van der Waals surface area contributed by atoms with E-state index in [1.807, 2.05) is 0 Å². The fraction of sp³-hybridized carbons (Fsp3) is 0.364. The van der Waals surface area contributed by atoms with Crippen molar-refractivity contribution >= 4 is 27.6 Å². The number of carbonyl (C=O) groups excluding carboxylic acids is 2. The van der Waals surface area contributed by atoms with E-state index in [2.05, 4.69) is 19.2 Å². The van der Waals surface area contributed by atoms with E-state index < -0.39 is 28.0 Å². The molecule has 0 radical (unpaired) electrons. The molecule has 2 rings (SSSR count). The van der Waals surface area contributed by atoms with E-state index in [0.29, 0.717) is 29.7 Å². The molecule has 2 aromatic rings. The fourth-order valence-corrected chi connectivity index (χ4v) is 3.09. The number of rotatable bonds is 10. The number of hydrogen-bond acceptors (Lipinski definition) is 7. The molecule has 3 N–H and O–H groups in total. The molecule has 1 unspecified atom stereocenters. The van der Waals surface area contributed by atoms with E-state index in [1.165, 1.54) is 50.4 Å². The Morgan fingerprint density at radius 3 is 2.25 bits per heavy atom. The molecule has 2 aromatic carbocycles. The van der Waals surface area contributed by atoms with Crippen LogP contribution in [-0.4, -0.2) is 40.1 Å². The molecule has 10 heteroatoms. The van der Waals surface area contributed by atoms with Gasteiger partial charge in [0.2, 0.25) is 10.0 Å². The highest BCUT2D eigenvalue weighted by molar-refractivity contribution is 7.89. The second-order valence-corrected chi connectivity index (χ2v) is 9.06. The molecule has 0 saturated carbocycles. The Bertz CT molecular complexity index is 1050. The maximum atomic E-state index is 12.5. The van der Waals surface area contributed by atoms with Crippen molar-refractivity contribution in [2.45, 2.75) is 38.2 Å². The van der Waals surface area contributed by atoms with Gasteiger partial charge in [-0.1, -0.05) is 13.8 Å². The number of nitrogens with one attached hydrogen (secondary N) is 1. The topological polar surface area (TPSA) is 134 Å². The van der Waals surface area contributed by atoms with Gasteiger partial charge in [0, 0.05) is 5.69 Å². The number of hydrogen-bond donors (Lipinski definition) is 2. The minimum atomic E-state index is -3.83. The van der Waals surface area contributed by atoms with Crippen LogP contribution in [0.15, 0.2) is 47.4 Å². The summed E-state index contributed by atoms with van der Waals surface area (Å²) in [5, 5.41) is 7.59. The molecule has 0 saturated heterocycles. The summed E-state index contributed by atoms with van der Waals surface area (Å²) in [6.45, 7) is 6.13. The van der Waals surface area contributed by atoms with Crippen LogP contribution in [0.25, 0.3) is 0 Å². The third-order valence-corrected chi connectivity index (χ3v) is 5.38. The Labute approximate surface area is 187 Å². The van der Waals surface area contributed by atoms with Crippen LogP contribution in [-0.2, 0) is 19.6 Å². The summed E-state index contributed by atoms with van der Waals surface area (Å²) in [4.78, 5) is 24.7. The highest BCUT2D eigenvalue weighted by atomic mass is 32.2. The Hall–Kier alpha value is -3.11. The van der Waals surface area contributed by atoms with Crippen molar-refractivity contribution in [2.24, 2.45) is 11.1 Å². The minimum absolute atomic E-state index is 0.0828. The van der Waals surface area contributed by atoms with E-state index in [-0.39, 0.29) is 10.5 Å². The largest absolute Gasteiger partial charge is 0.493 e. The van der Waals surface area contributed by atoms with Gasteiger partial charge in [0.05, 0.1) is 24.2 Å². The van der Waals surface area contributed by atoms with Gasteiger partial charge in [0.1, 0.15) is 0 Å². The van der Waals surface area contributed by atoms with Crippen molar-refractivity contribution < 1.29 is 32.2 Å². The van der Waals surface area contributed by atoms with E-state index in [9.17, 15) is 18.0 Å². The lowest BCUT2D eigenvalue weighted by Crippen LogP contribution is -2.30. The zero-order valence-electron chi connectivity index (χ0n) is 18.5. The van der Waals surface area contributed by atoms with Crippen LogP contribution in [0, 0.1) is 5.92 Å². The Balaban J connectivity index is 1.99. The van der Waals surface area contributed by atoms with Crippen molar-refractivity contribution in [1.82, 2.24) is 0 Å². The summed E-state index contributed by atoms with van der Waals surface area (Å²) in [5.74, 6) is 0.106. The smallest absolute Gasteiger partial charge is 0.339 e. The molecular weight excluding hydrogens is 436 g/mol. The molecule has 0 bridgehead atoms. The van der Waals surface area contributed by atoms with Gasteiger partial charge in [0.15, 0.2) is 17.6 Å². The van der Waals surface area contributed by atoms with Crippen LogP contribution in [0.2, 0.25) is 0 Å². The van der Waals surface area contributed by atoms with Crippen LogP contribution in [0.3, 0.4) is 0 Å². The summed E-state index contributed by atoms with van der Waals surface area (Å²) in [7, 11) is -2.36. The molecule has 0 aliphatic heterocycles. The molecule has 174 valence electrons. The number of ether oxygens (including phenoxy) is 3. The first-order valence-corrected chi connectivity index (χ1v) is 11.5. The number of amides is 1. The number of primary sulfonamides is 1. The van der Waals surface area contributed by atoms with Crippen LogP contribution in [0.1, 0.15) is 37.6 Å². The zero-order chi connectivity index (χ0) is 23.9. The number of esters is 1. The van der Waals surface area contributed by atoms with Crippen LogP contribution in [0.4, 0.5) is 5.69 Å². The highest BCUT2D eigenvalue weighted by Crippen LogP contribution is 2.29. The van der Waals surface area contributed by atoms with Crippen molar-refractivity contribution in [3.05, 3.63) is 48.0 Å². The molecule has 9 nitrogen and oxygen atoms in total. The first-order valence-electron chi connectivity index (χ1n) is 9.96. The molecule has 0 spiro atoms. The lowest BCUT2D eigenvalue weighted by Gasteiger charge is -2.15. The molecule has 0 aliphatic rings. The van der Waals surface area contributed by atoms with Crippen molar-refractivity contribution in [2.75, 3.05) is 19.0 Å². The molecule has 1 atom stereocenters. The average Bonchev–Trinajstić information content (AvgIpc) is 2.73. The van der Waals surface area contributed by atoms with Crippen molar-refractivity contribution in [1.29, 1.82) is 0 Å². The summed E-state index contributed by atoms with van der Waals surface area (Å²) in [6, 6.07) is 9.94. The van der Waals surface area contributed by atoms with Gasteiger partial charge >= 0.3 is 5.97 Å². The lowest BCUT2D eigenvalue weighted by atomic mass is 10.1. The molecule has 0 aliphatic carbocycles. The monoisotopic (exact) mass is 464 g/mol. The summed E-state index contributed by atoms with van der Waals surface area (Å²) in [5.41, 5.74) is 0.532. The van der Waals surface area contributed by atoms with Crippen molar-refractivity contribution in [3.8, 4) is 11.5 Å². The van der Waals surface area contributed by atoms with Gasteiger partial charge in [-0.2, -0.15) is 0 Å². The number of nitrogens with two attached hydrogens (primary N) is 1. The highest BCUT2D eigenvalue weighted by Gasteiger charge is 2.20. The van der Waals surface area contributed by atoms with E-state index in [4.69, 9.17) is 19.3 Å². The second-order valence-electron chi connectivity index (χ2n) is 7.50. The number of benzene rings is 2. The Kier molecular flexibility index (Phi) is 8.62. The molecule has 32 heavy (non-hydrogen) atoms. The summed E-state index contributed by atoms with van der Waals surface area (Å²) >= 11 is 0. The van der Waals surface area contributed by atoms with Crippen LogP contribution >= 0.6 is 0 Å². The van der Waals surface area contributed by atoms with Crippen molar-refractivity contribution in [3.63, 3.8) is 0 Å². The minimum Gasteiger partial charge on any atom is -0.493 e. The van der Waals surface area contributed by atoms with E-state index >= 15 is 0 Å². The summed E-state index contributed by atoms with van der Waals surface area (Å²) < 4.78 is 38.8. The third kappa shape index (κ3) is 7.24. The number of sulfonamides is 1. The maximum Gasteiger partial charge on any atom is 0.339 e. The van der Waals surface area contributed by atoms with Crippen LogP contribution in [0.5, 0.6) is 11.5 Å². The van der Waals surface area contributed by atoms with Gasteiger partial charge in [-0.05, 0) is 61.7 Å². The van der Waals surface area contributed by atoms with Crippen LogP contribution < -0.4 is 19.9 Å². The first-order chi connectivity index (χ1) is 15.0. The SMILES string of the molecule is COc1cc(C(=O)OC(C)C(=O)Nc2ccc(S(N)(=O)=O)cc2)ccc1OCCC(C)C. The standard InChI is InChI=1S/C22H28N2O7S/c1-14(2)11-12-30-19-10-5-16(13-20(19)29-4)22(26)31-15(3)21(25)24-17-6-8-18(9-7-17)32(23,27)28/h5-10,13-15H,11-12H2,1-4H3,(H,24,25)(H2,23,27,28). The van der Waals surface area contributed by atoms with Gasteiger partial charge in [0.25, 0.3) is 5.91 Å². The van der Waals surface area contributed by atoms with E-state index in [0.717, 1.165) is 6.42 Å². The molecule has 0 fully saturated rings. The maximum absolute atomic E-state index is 12.5. The zero-order valence-corrected chi connectivity index (χ0v) is 19.3. The van der Waals surface area contributed by atoms with Gasteiger partial charge in [-0.3, -0.25) is 4.79 Å². The van der Waals surface area contributed by atoms with Gasteiger partial charge in [-0.25, -0.2) is 18.4 Å². The first kappa shape index (κ1) is 25.2. The molecule has 0 heterocycles. The molecule has 1 amide bonds. The second kappa shape index (κ2) is 11.0. The number of anilines is 1. The van der Waals surface area contributed by atoms with Gasteiger partial charge < -0.3 is 19.5 Å². The number of carbonyl (C=O) groups is 2. The predicted octanol–water partition coefficient (Wildman–Crippen LogP) is 2.95. The quantitative estimate of drug-likeness (QED) is 0.516. The number of methoxy groups -OCH3 is 1. The molecule has 0 aromatic heterocycles. The molecular formula is C22H28N2O7S. The van der Waals surface area contributed by atoms with Gasteiger partial charge in [-0.15, -0.1) is 0 Å². The average molecular weight is 465 g/mol. The normalized spacial score (nSPS) is 12.2. The predicted molar refractivity (Wildman–Crippen MR) is 119 cm³/mol. The lowest BCUT2D eigenvalue weighted by molar-refractivity contribution is -0.123. The Morgan fingerprint density at radius 2 is 1.69 bits per heavy atom.